The third-order valence-electron chi connectivity index (χ3n) is 5.58. The van der Waals surface area contributed by atoms with Crippen LogP contribution in [0.3, 0.4) is 0 Å². The molecule has 1 heterocycles. The molecule has 8 nitrogen and oxygen atoms in total. The summed E-state index contributed by atoms with van der Waals surface area (Å²) in [5.74, 6) is 1.34. The summed E-state index contributed by atoms with van der Waals surface area (Å²) in [6.45, 7) is 7.61. The molecule has 2 atom stereocenters. The molecule has 0 radical (unpaired) electrons. The number of nitrogens with one attached hydrogen (secondary N) is 2. The number of ether oxygens (including phenoxy) is 4. The van der Waals surface area contributed by atoms with Gasteiger partial charge in [0.05, 0.1) is 20.3 Å². The maximum absolute atomic E-state index is 11.2. The predicted octanol–water partition coefficient (Wildman–Crippen LogP) is 3.90. The number of amides is 1. The minimum absolute atomic E-state index is 0.0759. The van der Waals surface area contributed by atoms with Gasteiger partial charge in [-0.15, -0.1) is 0 Å². The van der Waals surface area contributed by atoms with Crippen molar-refractivity contribution in [3.8, 4) is 11.5 Å². The number of aryl methyl sites for hydroxylation is 1. The lowest BCUT2D eigenvalue weighted by molar-refractivity contribution is -0.144. The van der Waals surface area contributed by atoms with Gasteiger partial charge in [-0.3, -0.25) is 9.59 Å². The van der Waals surface area contributed by atoms with Crippen molar-refractivity contribution < 1.29 is 28.5 Å². The molecular formula is C28H42N2O6. The van der Waals surface area contributed by atoms with Crippen LogP contribution in [0, 0.1) is 12.8 Å². The highest BCUT2D eigenvalue weighted by Gasteiger charge is 2.26. The third kappa shape index (κ3) is 12.0. The Bertz CT molecular complexity index is 870. The van der Waals surface area contributed by atoms with Crippen molar-refractivity contribution in [1.29, 1.82) is 0 Å². The molecule has 2 unspecified atom stereocenters. The average Bonchev–Trinajstić information content (AvgIpc) is 3.42. The number of carbonyl (C=O) groups is 2. The smallest absolute Gasteiger partial charge is 0.325 e. The van der Waals surface area contributed by atoms with Gasteiger partial charge in [-0.2, -0.15) is 0 Å². The number of rotatable bonds is 10. The van der Waals surface area contributed by atoms with Crippen molar-refractivity contribution in [2.24, 2.45) is 5.92 Å². The van der Waals surface area contributed by atoms with Crippen LogP contribution in [0.25, 0.3) is 0 Å². The number of methoxy groups -OCH3 is 3. The fourth-order valence-electron chi connectivity index (χ4n) is 3.73. The fraction of sp³-hybridized carbons (Fsp3) is 0.500. The van der Waals surface area contributed by atoms with Crippen molar-refractivity contribution in [1.82, 2.24) is 10.6 Å². The predicted molar refractivity (Wildman–Crippen MR) is 141 cm³/mol. The van der Waals surface area contributed by atoms with E-state index in [0.29, 0.717) is 36.0 Å². The molecule has 0 aliphatic carbocycles. The summed E-state index contributed by atoms with van der Waals surface area (Å²) in [5.41, 5.74) is 2.04. The maximum Gasteiger partial charge on any atom is 0.325 e. The molecule has 1 saturated heterocycles. The van der Waals surface area contributed by atoms with Crippen LogP contribution < -0.4 is 20.1 Å². The summed E-state index contributed by atoms with van der Waals surface area (Å²) in [6.07, 6.45) is 3.42. The highest BCUT2D eigenvalue weighted by molar-refractivity contribution is 5.74. The first-order valence-electron chi connectivity index (χ1n) is 12.2. The fourth-order valence-corrected chi connectivity index (χ4v) is 3.73. The van der Waals surface area contributed by atoms with Gasteiger partial charge in [0.15, 0.2) is 0 Å². The molecule has 2 N–H and O–H groups in total. The maximum atomic E-state index is 11.2. The van der Waals surface area contributed by atoms with Crippen LogP contribution in [-0.2, 0) is 25.7 Å². The molecule has 0 spiro atoms. The van der Waals surface area contributed by atoms with E-state index in [-0.39, 0.29) is 13.2 Å². The molecule has 0 aromatic heterocycles. The monoisotopic (exact) mass is 502 g/mol. The van der Waals surface area contributed by atoms with Crippen LogP contribution in [0.15, 0.2) is 48.5 Å². The Hall–Kier alpha value is -3.10. The van der Waals surface area contributed by atoms with Crippen LogP contribution in [0.5, 0.6) is 11.5 Å². The molecule has 200 valence electrons. The lowest BCUT2D eigenvalue weighted by Crippen LogP contribution is -2.39. The number of hydrogen-bond acceptors (Lipinski definition) is 7. The minimum atomic E-state index is -0.514. The second kappa shape index (κ2) is 18.2. The molecule has 2 aromatic carbocycles. The van der Waals surface area contributed by atoms with Crippen molar-refractivity contribution in [3.05, 3.63) is 59.7 Å². The van der Waals surface area contributed by atoms with E-state index in [4.69, 9.17) is 18.9 Å². The second-order valence-corrected chi connectivity index (χ2v) is 8.64. The van der Waals surface area contributed by atoms with Crippen molar-refractivity contribution in [2.75, 3.05) is 34.4 Å². The molecule has 1 fully saturated rings. The lowest BCUT2D eigenvalue weighted by Gasteiger charge is -2.25. The van der Waals surface area contributed by atoms with E-state index in [0.717, 1.165) is 12.1 Å². The molecule has 8 heteroatoms. The Morgan fingerprint density at radius 3 is 2.31 bits per heavy atom. The molecule has 1 aliphatic rings. The summed E-state index contributed by atoms with van der Waals surface area (Å²) in [6, 6.07) is 16.1. The second-order valence-electron chi connectivity index (χ2n) is 8.64. The van der Waals surface area contributed by atoms with E-state index in [1.807, 2.05) is 25.3 Å². The quantitative estimate of drug-likeness (QED) is 0.376. The van der Waals surface area contributed by atoms with Crippen LogP contribution >= 0.6 is 0 Å². The zero-order chi connectivity index (χ0) is 26.8. The number of benzene rings is 2. The minimum Gasteiger partial charge on any atom is -0.497 e. The van der Waals surface area contributed by atoms with Gasteiger partial charge in [0.2, 0.25) is 6.41 Å². The molecule has 1 aliphatic heterocycles. The number of carbonyl (C=O) groups excluding carboxylic acids is 2. The molecule has 36 heavy (non-hydrogen) atoms. The van der Waals surface area contributed by atoms with Gasteiger partial charge in [-0.25, -0.2) is 0 Å². The Balaban J connectivity index is 0.000000303. The van der Waals surface area contributed by atoms with E-state index >= 15 is 0 Å². The molecule has 3 rings (SSSR count). The highest BCUT2D eigenvalue weighted by atomic mass is 16.5. The zero-order valence-electron chi connectivity index (χ0n) is 22.4. The van der Waals surface area contributed by atoms with Gasteiger partial charge in [-0.1, -0.05) is 49.7 Å². The SMILES string of the molecule is COC(C(C)C)C1CCCN1.COc1ccc(COC(=O)CNC=O)c(OC)c1.Cc1ccccc1. The first-order chi connectivity index (χ1) is 17.4. The molecule has 0 saturated carbocycles. The van der Waals surface area contributed by atoms with Gasteiger partial charge in [0.1, 0.15) is 24.7 Å². The summed E-state index contributed by atoms with van der Waals surface area (Å²) in [7, 11) is 4.89. The Morgan fingerprint density at radius 2 is 1.83 bits per heavy atom. The zero-order valence-corrected chi connectivity index (χ0v) is 22.4. The van der Waals surface area contributed by atoms with Crippen LogP contribution in [0.4, 0.5) is 0 Å². The molecule has 2 aromatic rings. The Labute approximate surface area is 215 Å². The van der Waals surface area contributed by atoms with E-state index in [1.54, 1.807) is 25.3 Å². The van der Waals surface area contributed by atoms with E-state index in [2.05, 4.69) is 43.5 Å². The highest BCUT2D eigenvalue weighted by Crippen LogP contribution is 2.25. The van der Waals surface area contributed by atoms with E-state index in [1.165, 1.54) is 25.5 Å². The van der Waals surface area contributed by atoms with Crippen LogP contribution in [-0.4, -0.2) is 58.9 Å². The Kier molecular flexibility index (Phi) is 15.6. The normalized spacial score (nSPS) is 14.9. The van der Waals surface area contributed by atoms with E-state index in [9.17, 15) is 9.59 Å². The summed E-state index contributed by atoms with van der Waals surface area (Å²) in [4.78, 5) is 21.2. The van der Waals surface area contributed by atoms with E-state index < -0.39 is 5.97 Å². The van der Waals surface area contributed by atoms with Gasteiger partial charge < -0.3 is 29.6 Å². The van der Waals surface area contributed by atoms with Gasteiger partial charge >= 0.3 is 5.97 Å². The third-order valence-corrected chi connectivity index (χ3v) is 5.58. The van der Waals surface area contributed by atoms with Gasteiger partial charge in [0.25, 0.3) is 0 Å². The Morgan fingerprint density at radius 1 is 1.11 bits per heavy atom. The summed E-state index contributed by atoms with van der Waals surface area (Å²) < 4.78 is 20.6. The topological polar surface area (TPSA) is 95.1 Å². The standard InChI is InChI=1S/C12H15NO5.C9H19NO.C7H8/c1-16-10-4-3-9(11(5-10)17-2)7-18-12(15)6-13-8-14;1-7(2)9(11-3)8-5-4-6-10-8;1-7-5-3-2-4-6-7/h3-5,8H,6-7H2,1-2H3,(H,13,14);7-10H,4-6H2,1-3H3;2-6H,1H3. The largest absolute Gasteiger partial charge is 0.497 e. The van der Waals surface area contributed by atoms with Crippen LogP contribution in [0.1, 0.15) is 37.8 Å². The molecule has 1 amide bonds. The number of esters is 1. The van der Waals surface area contributed by atoms with Crippen molar-refractivity contribution >= 4 is 12.4 Å². The summed E-state index contributed by atoms with van der Waals surface area (Å²) in [5, 5.41) is 5.69. The van der Waals surface area contributed by atoms with Gasteiger partial charge in [0, 0.05) is 24.8 Å². The molecule has 0 bridgehead atoms. The summed E-state index contributed by atoms with van der Waals surface area (Å²) >= 11 is 0. The van der Waals surface area contributed by atoms with Crippen LogP contribution in [0.2, 0.25) is 0 Å². The van der Waals surface area contributed by atoms with Crippen molar-refractivity contribution in [3.63, 3.8) is 0 Å². The lowest BCUT2D eigenvalue weighted by atomic mass is 9.98. The first kappa shape index (κ1) is 30.9. The first-order valence-corrected chi connectivity index (χ1v) is 12.2. The average molecular weight is 503 g/mol. The number of hydrogen-bond donors (Lipinski definition) is 2. The van der Waals surface area contributed by atoms with Crippen molar-refractivity contribution in [2.45, 2.75) is 52.4 Å². The molecular weight excluding hydrogens is 460 g/mol. The van der Waals surface area contributed by atoms with Gasteiger partial charge in [-0.05, 0) is 44.4 Å².